The summed E-state index contributed by atoms with van der Waals surface area (Å²) in [5.74, 6) is -2.41. The van der Waals surface area contributed by atoms with Crippen molar-refractivity contribution < 1.29 is 24.2 Å². The third-order valence-corrected chi connectivity index (χ3v) is 5.72. The first-order valence-corrected chi connectivity index (χ1v) is 11.7. The highest BCUT2D eigenvalue weighted by Crippen LogP contribution is 2.31. The summed E-state index contributed by atoms with van der Waals surface area (Å²) < 4.78 is 5.18. The van der Waals surface area contributed by atoms with Crippen LogP contribution in [0.3, 0.4) is 0 Å². The van der Waals surface area contributed by atoms with Crippen LogP contribution in [-0.2, 0) is 9.53 Å². The number of aromatic carboxylic acids is 1. The van der Waals surface area contributed by atoms with Crippen LogP contribution in [0.2, 0.25) is 0 Å². The van der Waals surface area contributed by atoms with E-state index in [0.29, 0.717) is 16.7 Å². The standard InChI is InChI=1S/C30H21N3O5/c34-26(31-23-13-7-12-21(16-23)29(35)36)18-38-30(37)22-14-15-24-25(17-22)33-28(20-10-5-2-6-11-20)27(32-24)19-8-3-1-4-9-19/h1-17H,18H2,(H,31,34)(H,35,36). The number of carboxylic acid groups (broad SMARTS) is 1. The molecule has 8 heteroatoms. The van der Waals surface area contributed by atoms with Gasteiger partial charge < -0.3 is 15.2 Å². The van der Waals surface area contributed by atoms with Crippen LogP contribution in [0, 0.1) is 0 Å². The number of aromatic nitrogens is 2. The van der Waals surface area contributed by atoms with Gasteiger partial charge in [0.2, 0.25) is 0 Å². The van der Waals surface area contributed by atoms with Gasteiger partial charge in [0.15, 0.2) is 6.61 Å². The molecule has 0 saturated heterocycles. The van der Waals surface area contributed by atoms with E-state index in [4.69, 9.17) is 19.8 Å². The molecule has 4 aromatic carbocycles. The third-order valence-electron chi connectivity index (χ3n) is 5.72. The summed E-state index contributed by atoms with van der Waals surface area (Å²) in [5.41, 5.74) is 4.86. The predicted octanol–water partition coefficient (Wildman–Crippen LogP) is 5.46. The Labute approximate surface area is 217 Å². The fourth-order valence-corrected chi connectivity index (χ4v) is 3.92. The molecule has 5 rings (SSSR count). The van der Waals surface area contributed by atoms with E-state index in [1.165, 1.54) is 18.2 Å². The Morgan fingerprint density at radius 1 is 0.684 bits per heavy atom. The fourth-order valence-electron chi connectivity index (χ4n) is 3.92. The van der Waals surface area contributed by atoms with Crippen molar-refractivity contribution in [1.82, 2.24) is 9.97 Å². The number of esters is 1. The summed E-state index contributed by atoms with van der Waals surface area (Å²) in [5, 5.41) is 11.6. The van der Waals surface area contributed by atoms with Crippen LogP contribution in [-0.4, -0.2) is 39.5 Å². The van der Waals surface area contributed by atoms with Crippen LogP contribution >= 0.6 is 0 Å². The molecule has 38 heavy (non-hydrogen) atoms. The SMILES string of the molecule is O=C(COC(=O)c1ccc2nc(-c3ccccc3)c(-c3ccccc3)nc2c1)Nc1cccc(C(=O)O)c1. The molecule has 5 aromatic rings. The average molecular weight is 504 g/mol. The zero-order valence-corrected chi connectivity index (χ0v) is 20.0. The van der Waals surface area contributed by atoms with Gasteiger partial charge in [0, 0.05) is 16.8 Å². The van der Waals surface area contributed by atoms with Crippen molar-refractivity contribution in [2.45, 2.75) is 0 Å². The van der Waals surface area contributed by atoms with E-state index >= 15 is 0 Å². The van der Waals surface area contributed by atoms with Crippen molar-refractivity contribution in [3.63, 3.8) is 0 Å². The Bertz CT molecular complexity index is 1650. The number of anilines is 1. The maximum atomic E-state index is 12.7. The van der Waals surface area contributed by atoms with Gasteiger partial charge in [0.25, 0.3) is 5.91 Å². The zero-order valence-electron chi connectivity index (χ0n) is 20.0. The number of amides is 1. The highest BCUT2D eigenvalue weighted by atomic mass is 16.5. The lowest BCUT2D eigenvalue weighted by atomic mass is 10.0. The number of nitrogens with one attached hydrogen (secondary N) is 1. The van der Waals surface area contributed by atoms with Gasteiger partial charge in [-0.3, -0.25) is 4.79 Å². The van der Waals surface area contributed by atoms with Gasteiger partial charge in [0.05, 0.1) is 33.5 Å². The van der Waals surface area contributed by atoms with Crippen LogP contribution in [0.15, 0.2) is 103 Å². The second-order valence-corrected chi connectivity index (χ2v) is 8.37. The van der Waals surface area contributed by atoms with Crippen molar-refractivity contribution in [3.8, 4) is 22.5 Å². The third kappa shape index (κ3) is 5.39. The van der Waals surface area contributed by atoms with Gasteiger partial charge in [0.1, 0.15) is 0 Å². The molecule has 0 radical (unpaired) electrons. The average Bonchev–Trinajstić information content (AvgIpc) is 2.96. The zero-order chi connectivity index (χ0) is 26.5. The molecule has 0 saturated carbocycles. The molecular formula is C30H21N3O5. The number of carbonyl (C=O) groups excluding carboxylic acids is 2. The highest BCUT2D eigenvalue weighted by molar-refractivity contribution is 5.98. The van der Waals surface area contributed by atoms with Crippen LogP contribution in [0.4, 0.5) is 5.69 Å². The molecule has 0 fully saturated rings. The molecule has 1 amide bonds. The number of hydrogen-bond donors (Lipinski definition) is 2. The minimum atomic E-state index is -1.11. The number of carbonyl (C=O) groups is 3. The van der Waals surface area contributed by atoms with E-state index in [1.807, 2.05) is 60.7 Å². The van der Waals surface area contributed by atoms with Crippen molar-refractivity contribution in [1.29, 1.82) is 0 Å². The summed E-state index contributed by atoms with van der Waals surface area (Å²) >= 11 is 0. The van der Waals surface area contributed by atoms with Gasteiger partial charge in [-0.15, -0.1) is 0 Å². The maximum absolute atomic E-state index is 12.7. The van der Waals surface area contributed by atoms with Gasteiger partial charge in [-0.2, -0.15) is 0 Å². The van der Waals surface area contributed by atoms with E-state index in [1.54, 1.807) is 24.3 Å². The van der Waals surface area contributed by atoms with Crippen molar-refractivity contribution in [3.05, 3.63) is 114 Å². The van der Waals surface area contributed by atoms with Crippen molar-refractivity contribution in [2.24, 2.45) is 0 Å². The Morgan fingerprint density at radius 2 is 1.32 bits per heavy atom. The number of fused-ring (bicyclic) bond motifs is 1. The van der Waals surface area contributed by atoms with E-state index in [-0.39, 0.29) is 16.8 Å². The van der Waals surface area contributed by atoms with Gasteiger partial charge in [-0.05, 0) is 36.4 Å². The van der Waals surface area contributed by atoms with E-state index in [0.717, 1.165) is 16.8 Å². The van der Waals surface area contributed by atoms with Gasteiger partial charge in [-0.25, -0.2) is 19.6 Å². The smallest absolute Gasteiger partial charge is 0.338 e. The second kappa shape index (κ2) is 10.7. The molecule has 1 heterocycles. The van der Waals surface area contributed by atoms with Crippen LogP contribution in [0.1, 0.15) is 20.7 Å². The molecule has 2 N–H and O–H groups in total. The molecule has 0 unspecified atom stereocenters. The number of rotatable bonds is 7. The van der Waals surface area contributed by atoms with Gasteiger partial charge >= 0.3 is 11.9 Å². The first-order chi connectivity index (χ1) is 18.5. The first-order valence-electron chi connectivity index (χ1n) is 11.7. The Hall–Kier alpha value is -5.37. The van der Waals surface area contributed by atoms with Crippen molar-refractivity contribution in [2.75, 3.05) is 11.9 Å². The summed E-state index contributed by atoms with van der Waals surface area (Å²) in [4.78, 5) is 45.7. The van der Waals surface area contributed by atoms with E-state index in [9.17, 15) is 14.4 Å². The van der Waals surface area contributed by atoms with E-state index in [2.05, 4.69) is 5.32 Å². The second-order valence-electron chi connectivity index (χ2n) is 8.37. The monoisotopic (exact) mass is 503 g/mol. The quantitative estimate of drug-likeness (QED) is 0.283. The molecule has 0 aliphatic heterocycles. The number of benzene rings is 4. The Balaban J connectivity index is 1.37. The molecule has 1 aromatic heterocycles. The van der Waals surface area contributed by atoms with Crippen LogP contribution < -0.4 is 5.32 Å². The Kier molecular flexibility index (Phi) is 6.86. The highest BCUT2D eigenvalue weighted by Gasteiger charge is 2.16. The molecule has 0 aliphatic carbocycles. The molecular weight excluding hydrogens is 482 g/mol. The number of carboxylic acids is 1. The van der Waals surface area contributed by atoms with Crippen LogP contribution in [0.25, 0.3) is 33.5 Å². The fraction of sp³-hybridized carbons (Fsp3) is 0.0333. The predicted molar refractivity (Wildman–Crippen MR) is 143 cm³/mol. The molecule has 8 nitrogen and oxygen atoms in total. The van der Waals surface area contributed by atoms with Gasteiger partial charge in [-0.1, -0.05) is 66.7 Å². The minimum Gasteiger partial charge on any atom is -0.478 e. The lowest BCUT2D eigenvalue weighted by Crippen LogP contribution is -2.21. The lowest BCUT2D eigenvalue weighted by Gasteiger charge is -2.11. The summed E-state index contributed by atoms with van der Waals surface area (Å²) in [7, 11) is 0. The molecule has 0 bridgehead atoms. The van der Waals surface area contributed by atoms with Crippen LogP contribution in [0.5, 0.6) is 0 Å². The normalized spacial score (nSPS) is 10.6. The summed E-state index contributed by atoms with van der Waals surface area (Å²) in [6, 6.07) is 30.0. The number of ether oxygens (including phenoxy) is 1. The minimum absolute atomic E-state index is 0.0300. The summed E-state index contributed by atoms with van der Waals surface area (Å²) in [6.45, 7) is -0.540. The topological polar surface area (TPSA) is 118 Å². The molecule has 0 aliphatic rings. The largest absolute Gasteiger partial charge is 0.478 e. The van der Waals surface area contributed by atoms with Crippen molar-refractivity contribution >= 4 is 34.6 Å². The van der Waals surface area contributed by atoms with E-state index < -0.39 is 24.5 Å². The first kappa shape index (κ1) is 24.3. The number of hydrogen-bond acceptors (Lipinski definition) is 6. The lowest BCUT2D eigenvalue weighted by molar-refractivity contribution is -0.119. The number of nitrogens with zero attached hydrogens (tertiary/aromatic N) is 2. The molecule has 0 spiro atoms. The molecule has 186 valence electrons. The molecule has 0 atom stereocenters. The maximum Gasteiger partial charge on any atom is 0.338 e. The Morgan fingerprint density at radius 3 is 1.95 bits per heavy atom. The summed E-state index contributed by atoms with van der Waals surface area (Å²) in [6.07, 6.45) is 0.